The molecular formula is C23H30N2O3S. The summed E-state index contributed by atoms with van der Waals surface area (Å²) in [6.45, 7) is 7.85. The van der Waals surface area contributed by atoms with Crippen LogP contribution in [0.2, 0.25) is 0 Å². The van der Waals surface area contributed by atoms with Gasteiger partial charge in [0.05, 0.1) is 0 Å². The summed E-state index contributed by atoms with van der Waals surface area (Å²) in [6, 6.07) is 17.3. The molecule has 0 heterocycles. The van der Waals surface area contributed by atoms with Gasteiger partial charge in [0.1, 0.15) is 11.6 Å². The Morgan fingerprint density at radius 2 is 1.66 bits per heavy atom. The van der Waals surface area contributed by atoms with Gasteiger partial charge in [-0.15, -0.1) is 0 Å². The number of hydrogen-bond acceptors (Lipinski definition) is 4. The maximum Gasteiger partial charge on any atom is 0.408 e. The number of rotatable bonds is 8. The molecule has 0 aliphatic rings. The van der Waals surface area contributed by atoms with Crippen LogP contribution in [0.25, 0.3) is 0 Å². The second kappa shape index (κ2) is 10.9. The first kappa shape index (κ1) is 22.8. The second-order valence-electron chi connectivity index (χ2n) is 7.90. The maximum absolute atomic E-state index is 12.7. The highest BCUT2D eigenvalue weighted by Crippen LogP contribution is 2.15. The van der Waals surface area contributed by atoms with Gasteiger partial charge in [-0.05, 0) is 38.8 Å². The van der Waals surface area contributed by atoms with E-state index in [1.165, 1.54) is 11.1 Å². The minimum absolute atomic E-state index is 0.226. The summed E-state index contributed by atoms with van der Waals surface area (Å²) in [4.78, 5) is 24.9. The minimum Gasteiger partial charge on any atom is -0.444 e. The van der Waals surface area contributed by atoms with E-state index in [4.69, 9.17) is 4.74 Å². The van der Waals surface area contributed by atoms with Crippen LogP contribution in [0.3, 0.4) is 0 Å². The van der Waals surface area contributed by atoms with Crippen molar-refractivity contribution in [1.29, 1.82) is 0 Å². The van der Waals surface area contributed by atoms with Crippen molar-refractivity contribution in [3.05, 3.63) is 71.3 Å². The second-order valence-corrected chi connectivity index (χ2v) is 8.93. The summed E-state index contributed by atoms with van der Waals surface area (Å²) >= 11 is 1.60. The van der Waals surface area contributed by atoms with Crippen LogP contribution in [0.1, 0.15) is 37.5 Å². The highest BCUT2D eigenvalue weighted by Gasteiger charge is 2.24. The maximum atomic E-state index is 12.7. The zero-order chi connectivity index (χ0) is 21.3. The first-order chi connectivity index (χ1) is 13.7. The van der Waals surface area contributed by atoms with E-state index in [1.54, 1.807) is 32.5 Å². The molecule has 1 atom stereocenters. The largest absolute Gasteiger partial charge is 0.444 e. The molecule has 2 N–H and O–H groups in total. The summed E-state index contributed by atoms with van der Waals surface area (Å²) in [5, 5.41) is 5.61. The van der Waals surface area contributed by atoms with Gasteiger partial charge in [-0.3, -0.25) is 4.79 Å². The van der Waals surface area contributed by atoms with Crippen molar-refractivity contribution in [2.75, 3.05) is 5.75 Å². The summed E-state index contributed by atoms with van der Waals surface area (Å²) in [5.41, 5.74) is 2.78. The number of nitrogens with one attached hydrogen (secondary N) is 2. The zero-order valence-corrected chi connectivity index (χ0v) is 18.3. The fraction of sp³-hybridized carbons (Fsp3) is 0.391. The van der Waals surface area contributed by atoms with Gasteiger partial charge in [0.25, 0.3) is 0 Å². The summed E-state index contributed by atoms with van der Waals surface area (Å²) < 4.78 is 5.32. The molecule has 0 saturated carbocycles. The average Bonchev–Trinajstić information content (AvgIpc) is 2.66. The summed E-state index contributed by atoms with van der Waals surface area (Å²) in [6.07, 6.45) is -0.590. The van der Waals surface area contributed by atoms with Gasteiger partial charge in [-0.25, -0.2) is 4.79 Å². The molecule has 2 amide bonds. The fourth-order valence-electron chi connectivity index (χ4n) is 2.52. The molecule has 156 valence electrons. The van der Waals surface area contributed by atoms with Crippen LogP contribution in [0.5, 0.6) is 0 Å². The summed E-state index contributed by atoms with van der Waals surface area (Å²) in [7, 11) is 0. The predicted molar refractivity (Wildman–Crippen MR) is 119 cm³/mol. The van der Waals surface area contributed by atoms with Crippen molar-refractivity contribution in [1.82, 2.24) is 10.6 Å². The molecule has 0 spiro atoms. The lowest BCUT2D eigenvalue weighted by Gasteiger charge is -2.23. The Morgan fingerprint density at radius 1 is 1.00 bits per heavy atom. The average molecular weight is 415 g/mol. The Hall–Kier alpha value is -2.47. The number of carbonyl (C=O) groups is 2. The number of aryl methyl sites for hydroxylation is 1. The molecule has 0 fully saturated rings. The van der Waals surface area contributed by atoms with Crippen LogP contribution >= 0.6 is 11.8 Å². The van der Waals surface area contributed by atoms with E-state index < -0.39 is 17.7 Å². The third-order valence-electron chi connectivity index (χ3n) is 3.99. The zero-order valence-electron chi connectivity index (χ0n) is 17.5. The molecule has 0 aromatic heterocycles. The van der Waals surface area contributed by atoms with E-state index in [0.29, 0.717) is 12.3 Å². The third-order valence-corrected chi connectivity index (χ3v) is 5.10. The quantitative estimate of drug-likeness (QED) is 0.670. The van der Waals surface area contributed by atoms with Crippen LogP contribution in [-0.2, 0) is 21.8 Å². The molecule has 2 aromatic carbocycles. The van der Waals surface area contributed by atoms with Crippen molar-refractivity contribution >= 4 is 23.8 Å². The van der Waals surface area contributed by atoms with Gasteiger partial charge in [0.2, 0.25) is 5.91 Å². The van der Waals surface area contributed by atoms with Crippen LogP contribution < -0.4 is 10.6 Å². The number of thioether (sulfide) groups is 1. The Labute approximate surface area is 177 Å². The third kappa shape index (κ3) is 9.05. The van der Waals surface area contributed by atoms with Crippen LogP contribution in [0.4, 0.5) is 4.79 Å². The van der Waals surface area contributed by atoms with E-state index in [1.807, 2.05) is 30.3 Å². The van der Waals surface area contributed by atoms with Gasteiger partial charge >= 0.3 is 6.09 Å². The molecule has 0 aliphatic heterocycles. The van der Waals surface area contributed by atoms with Crippen molar-refractivity contribution in [2.24, 2.45) is 0 Å². The summed E-state index contributed by atoms with van der Waals surface area (Å²) in [5.74, 6) is 0.989. The SMILES string of the molecule is Cc1ccc(CSC[C@H](NC(=O)OC(C)(C)C)C(=O)NCc2ccccc2)cc1. The number of benzene rings is 2. The van der Waals surface area contributed by atoms with E-state index in [2.05, 4.69) is 41.8 Å². The first-order valence-corrected chi connectivity index (χ1v) is 10.8. The smallest absolute Gasteiger partial charge is 0.408 e. The lowest BCUT2D eigenvalue weighted by Crippen LogP contribution is -2.49. The molecule has 0 bridgehead atoms. The van der Waals surface area contributed by atoms with E-state index >= 15 is 0 Å². The Morgan fingerprint density at radius 3 is 2.28 bits per heavy atom. The first-order valence-electron chi connectivity index (χ1n) is 9.67. The molecule has 0 radical (unpaired) electrons. The van der Waals surface area contributed by atoms with E-state index in [-0.39, 0.29) is 5.91 Å². The highest BCUT2D eigenvalue weighted by atomic mass is 32.2. The molecule has 5 nitrogen and oxygen atoms in total. The predicted octanol–water partition coefficient (Wildman–Crippen LogP) is 4.44. The lowest BCUT2D eigenvalue weighted by molar-refractivity contribution is -0.122. The van der Waals surface area contributed by atoms with Gasteiger partial charge in [-0.1, -0.05) is 60.2 Å². The van der Waals surface area contributed by atoms with Gasteiger partial charge in [0.15, 0.2) is 0 Å². The van der Waals surface area contributed by atoms with Crippen LogP contribution in [-0.4, -0.2) is 29.4 Å². The van der Waals surface area contributed by atoms with Crippen molar-refractivity contribution < 1.29 is 14.3 Å². The normalized spacial score (nSPS) is 12.1. The molecule has 0 saturated heterocycles. The topological polar surface area (TPSA) is 67.4 Å². The Kier molecular flexibility index (Phi) is 8.58. The number of alkyl carbamates (subject to hydrolysis) is 1. The number of carbonyl (C=O) groups excluding carboxylic acids is 2. The lowest BCUT2D eigenvalue weighted by atomic mass is 10.2. The van der Waals surface area contributed by atoms with Crippen LogP contribution in [0.15, 0.2) is 54.6 Å². The van der Waals surface area contributed by atoms with Gasteiger partial charge in [0, 0.05) is 18.1 Å². The molecular weight excluding hydrogens is 384 g/mol. The van der Waals surface area contributed by atoms with Gasteiger partial charge in [-0.2, -0.15) is 11.8 Å². The van der Waals surface area contributed by atoms with E-state index in [9.17, 15) is 9.59 Å². The molecule has 29 heavy (non-hydrogen) atoms. The Bertz CT molecular complexity index is 786. The molecule has 2 rings (SSSR count). The standard InChI is InChI=1S/C23H30N2O3S/c1-17-10-12-19(13-11-17)15-29-16-20(25-22(27)28-23(2,3)4)21(26)24-14-18-8-6-5-7-9-18/h5-13,20H,14-16H2,1-4H3,(H,24,26)(H,25,27)/t20-/m0/s1. The molecule has 6 heteroatoms. The molecule has 0 aliphatic carbocycles. The number of hydrogen-bond donors (Lipinski definition) is 2. The highest BCUT2D eigenvalue weighted by molar-refractivity contribution is 7.98. The van der Waals surface area contributed by atoms with E-state index in [0.717, 1.165) is 11.3 Å². The number of ether oxygens (including phenoxy) is 1. The monoisotopic (exact) mass is 414 g/mol. The van der Waals surface area contributed by atoms with Crippen molar-refractivity contribution in [2.45, 2.75) is 51.6 Å². The van der Waals surface area contributed by atoms with Crippen LogP contribution in [0, 0.1) is 6.92 Å². The number of amides is 2. The van der Waals surface area contributed by atoms with Crippen molar-refractivity contribution in [3.8, 4) is 0 Å². The molecule has 0 unspecified atom stereocenters. The van der Waals surface area contributed by atoms with Gasteiger partial charge < -0.3 is 15.4 Å². The fourth-order valence-corrected chi connectivity index (χ4v) is 3.54. The van der Waals surface area contributed by atoms with Crippen molar-refractivity contribution in [3.63, 3.8) is 0 Å². The molecule has 2 aromatic rings. The Balaban J connectivity index is 1.94. The minimum atomic E-state index is -0.677.